The third-order valence-corrected chi connectivity index (χ3v) is 3.07. The van der Waals surface area contributed by atoms with Crippen molar-refractivity contribution in [1.29, 1.82) is 5.26 Å². The predicted octanol–water partition coefficient (Wildman–Crippen LogP) is 3.50. The van der Waals surface area contributed by atoms with Crippen LogP contribution in [0.5, 0.6) is 0 Å². The number of aryl methyl sites for hydroxylation is 1. The van der Waals surface area contributed by atoms with Gasteiger partial charge in [0.2, 0.25) is 0 Å². The van der Waals surface area contributed by atoms with Crippen molar-refractivity contribution < 1.29 is 0 Å². The number of nitrogens with zero attached hydrogens (tertiary/aromatic N) is 2. The number of anilines is 1. The Balaban J connectivity index is 2.25. The molecular formula is C16H16N2. The monoisotopic (exact) mass is 236 g/mol. The van der Waals surface area contributed by atoms with Crippen LogP contribution in [0.2, 0.25) is 0 Å². The van der Waals surface area contributed by atoms with Crippen molar-refractivity contribution in [2.24, 2.45) is 0 Å². The Morgan fingerprint density at radius 3 is 2.44 bits per heavy atom. The molecule has 0 heterocycles. The van der Waals surface area contributed by atoms with E-state index >= 15 is 0 Å². The highest BCUT2D eigenvalue weighted by molar-refractivity contribution is 5.53. The van der Waals surface area contributed by atoms with E-state index in [4.69, 9.17) is 5.26 Å². The van der Waals surface area contributed by atoms with Crippen LogP contribution >= 0.6 is 0 Å². The van der Waals surface area contributed by atoms with Gasteiger partial charge in [0.1, 0.15) is 0 Å². The van der Waals surface area contributed by atoms with Gasteiger partial charge in [0.25, 0.3) is 0 Å². The van der Waals surface area contributed by atoms with Gasteiger partial charge in [0, 0.05) is 19.3 Å². The van der Waals surface area contributed by atoms with Crippen LogP contribution in [-0.4, -0.2) is 7.05 Å². The minimum Gasteiger partial charge on any atom is -0.370 e. The van der Waals surface area contributed by atoms with E-state index in [1.54, 1.807) is 0 Å². The van der Waals surface area contributed by atoms with Gasteiger partial charge in [0.05, 0.1) is 11.6 Å². The second kappa shape index (κ2) is 5.37. The van der Waals surface area contributed by atoms with Crippen molar-refractivity contribution in [1.82, 2.24) is 0 Å². The summed E-state index contributed by atoms with van der Waals surface area (Å²) in [5.74, 6) is 0. The fourth-order valence-corrected chi connectivity index (χ4v) is 2.10. The van der Waals surface area contributed by atoms with E-state index in [2.05, 4.69) is 37.1 Å². The largest absolute Gasteiger partial charge is 0.370 e. The molecule has 0 aliphatic carbocycles. The molecule has 2 nitrogen and oxygen atoms in total. The van der Waals surface area contributed by atoms with Gasteiger partial charge in [-0.05, 0) is 30.2 Å². The molecule has 0 aliphatic rings. The average Bonchev–Trinajstić information content (AvgIpc) is 2.39. The maximum Gasteiger partial charge on any atom is 0.0995 e. The molecule has 0 N–H and O–H groups in total. The van der Waals surface area contributed by atoms with Crippen molar-refractivity contribution in [2.45, 2.75) is 13.5 Å². The molecule has 0 aliphatic heterocycles. The third-order valence-electron chi connectivity index (χ3n) is 3.07. The Hall–Kier alpha value is -2.27. The quantitative estimate of drug-likeness (QED) is 0.815. The summed E-state index contributed by atoms with van der Waals surface area (Å²) in [6.45, 7) is 2.84. The highest BCUT2D eigenvalue weighted by Crippen LogP contribution is 2.20. The summed E-state index contributed by atoms with van der Waals surface area (Å²) < 4.78 is 0. The number of para-hydroxylation sites is 1. The van der Waals surface area contributed by atoms with Crippen LogP contribution in [0.1, 0.15) is 16.7 Å². The topological polar surface area (TPSA) is 27.0 Å². The average molecular weight is 236 g/mol. The lowest BCUT2D eigenvalue weighted by Gasteiger charge is -2.21. The van der Waals surface area contributed by atoms with Crippen LogP contribution in [0, 0.1) is 18.3 Å². The van der Waals surface area contributed by atoms with Crippen molar-refractivity contribution in [2.75, 3.05) is 11.9 Å². The van der Waals surface area contributed by atoms with Gasteiger partial charge in [-0.25, -0.2) is 0 Å². The maximum atomic E-state index is 9.09. The SMILES string of the molecule is Cc1ccccc1N(C)Cc1ccccc1C#N. The summed E-state index contributed by atoms with van der Waals surface area (Å²) in [7, 11) is 2.05. The van der Waals surface area contributed by atoms with E-state index in [9.17, 15) is 0 Å². The van der Waals surface area contributed by atoms with Crippen molar-refractivity contribution in [3.63, 3.8) is 0 Å². The van der Waals surface area contributed by atoms with E-state index < -0.39 is 0 Å². The summed E-state index contributed by atoms with van der Waals surface area (Å²) in [6, 6.07) is 18.3. The fraction of sp³-hybridized carbons (Fsp3) is 0.188. The molecule has 2 aromatic rings. The lowest BCUT2D eigenvalue weighted by Crippen LogP contribution is -2.18. The van der Waals surface area contributed by atoms with Gasteiger partial charge >= 0.3 is 0 Å². The van der Waals surface area contributed by atoms with Crippen molar-refractivity contribution in [3.8, 4) is 6.07 Å². The standard InChI is InChI=1S/C16H16N2/c1-13-7-3-6-10-16(13)18(2)12-15-9-5-4-8-14(15)11-17/h3-10H,12H2,1-2H3. The molecule has 0 spiro atoms. The second-order valence-electron chi connectivity index (χ2n) is 4.41. The fourth-order valence-electron chi connectivity index (χ4n) is 2.10. The Morgan fingerprint density at radius 2 is 1.72 bits per heavy atom. The predicted molar refractivity (Wildman–Crippen MR) is 74.4 cm³/mol. The third kappa shape index (κ3) is 2.52. The smallest absolute Gasteiger partial charge is 0.0995 e. The normalized spacial score (nSPS) is 9.83. The summed E-state index contributed by atoms with van der Waals surface area (Å²) in [6.07, 6.45) is 0. The zero-order chi connectivity index (χ0) is 13.0. The van der Waals surface area contributed by atoms with E-state index in [0.29, 0.717) is 0 Å². The van der Waals surface area contributed by atoms with E-state index in [-0.39, 0.29) is 0 Å². The lowest BCUT2D eigenvalue weighted by atomic mass is 10.1. The van der Waals surface area contributed by atoms with E-state index in [1.807, 2.05) is 36.4 Å². The van der Waals surface area contributed by atoms with Gasteiger partial charge in [-0.3, -0.25) is 0 Å². The molecule has 2 rings (SSSR count). The number of hydrogen-bond donors (Lipinski definition) is 0. The molecule has 0 saturated heterocycles. The van der Waals surface area contributed by atoms with Gasteiger partial charge in [-0.2, -0.15) is 5.26 Å². The highest BCUT2D eigenvalue weighted by Gasteiger charge is 2.07. The molecule has 2 aromatic carbocycles. The van der Waals surface area contributed by atoms with E-state index in [0.717, 1.165) is 17.7 Å². The van der Waals surface area contributed by atoms with Crippen LogP contribution in [0.25, 0.3) is 0 Å². The molecule has 0 bridgehead atoms. The van der Waals surface area contributed by atoms with Gasteiger partial charge < -0.3 is 4.90 Å². The Kier molecular flexibility index (Phi) is 3.64. The zero-order valence-electron chi connectivity index (χ0n) is 10.7. The van der Waals surface area contributed by atoms with Crippen molar-refractivity contribution >= 4 is 5.69 Å². The first-order valence-electron chi connectivity index (χ1n) is 5.97. The molecule has 0 radical (unpaired) electrons. The minimum absolute atomic E-state index is 0.745. The Bertz CT molecular complexity index is 582. The van der Waals surface area contributed by atoms with Crippen LogP contribution in [-0.2, 0) is 6.54 Å². The van der Waals surface area contributed by atoms with Gasteiger partial charge in [-0.1, -0.05) is 36.4 Å². The zero-order valence-corrected chi connectivity index (χ0v) is 10.7. The number of hydrogen-bond acceptors (Lipinski definition) is 2. The molecule has 2 heteroatoms. The molecule has 18 heavy (non-hydrogen) atoms. The summed E-state index contributed by atoms with van der Waals surface area (Å²) in [4.78, 5) is 2.17. The van der Waals surface area contributed by atoms with Gasteiger partial charge in [-0.15, -0.1) is 0 Å². The molecular weight excluding hydrogens is 220 g/mol. The first kappa shape index (κ1) is 12.2. The second-order valence-corrected chi connectivity index (χ2v) is 4.41. The first-order valence-corrected chi connectivity index (χ1v) is 5.97. The molecule has 0 fully saturated rings. The Labute approximate surface area is 108 Å². The summed E-state index contributed by atoms with van der Waals surface area (Å²) in [5.41, 5.74) is 4.25. The van der Waals surface area contributed by atoms with Crippen LogP contribution in [0.3, 0.4) is 0 Å². The molecule has 0 unspecified atom stereocenters. The van der Waals surface area contributed by atoms with Crippen LogP contribution in [0.4, 0.5) is 5.69 Å². The maximum absolute atomic E-state index is 9.09. The molecule has 0 amide bonds. The van der Waals surface area contributed by atoms with Crippen LogP contribution in [0.15, 0.2) is 48.5 Å². The lowest BCUT2D eigenvalue weighted by molar-refractivity contribution is 0.914. The summed E-state index contributed by atoms with van der Waals surface area (Å²) in [5, 5.41) is 9.09. The molecule has 0 saturated carbocycles. The highest BCUT2D eigenvalue weighted by atomic mass is 15.1. The summed E-state index contributed by atoms with van der Waals surface area (Å²) >= 11 is 0. The molecule has 90 valence electrons. The van der Waals surface area contributed by atoms with E-state index in [1.165, 1.54) is 11.3 Å². The van der Waals surface area contributed by atoms with Crippen molar-refractivity contribution in [3.05, 3.63) is 65.2 Å². The number of rotatable bonds is 3. The van der Waals surface area contributed by atoms with Gasteiger partial charge in [0.15, 0.2) is 0 Å². The van der Waals surface area contributed by atoms with Crippen LogP contribution < -0.4 is 4.90 Å². The number of nitriles is 1. The molecule has 0 atom stereocenters. The number of benzene rings is 2. The first-order chi connectivity index (χ1) is 8.72. The Morgan fingerprint density at radius 1 is 1.06 bits per heavy atom. The molecule has 0 aromatic heterocycles. The minimum atomic E-state index is 0.745.